The maximum atomic E-state index is 3.16. The molecule has 0 amide bonds. The van der Waals surface area contributed by atoms with Crippen molar-refractivity contribution in [2.45, 2.75) is 19.4 Å². The summed E-state index contributed by atoms with van der Waals surface area (Å²) in [6.45, 7) is 2.26. The predicted molar refractivity (Wildman–Crippen MR) is 34.7 cm³/mol. The van der Waals surface area contributed by atoms with Crippen LogP contribution in [0.15, 0.2) is 0 Å². The average molecular weight is 197 g/mol. The van der Waals surface area contributed by atoms with Crippen LogP contribution in [0.1, 0.15) is 13.3 Å². The molecule has 0 bridgehead atoms. The second kappa shape index (κ2) is 1.66. The molecule has 1 unspecified atom stereocenters. The fraction of sp³-hybridized carbons (Fsp3) is 1.00. The van der Waals surface area contributed by atoms with Gasteiger partial charge in [-0.1, -0.05) is 6.92 Å². The molecule has 1 N–H and O–H groups in total. The SMILES string of the molecule is C[C@H]1CC1NI. The summed E-state index contributed by atoms with van der Waals surface area (Å²) >= 11 is 2.21. The van der Waals surface area contributed by atoms with Gasteiger partial charge in [-0.3, -0.25) is 3.53 Å². The summed E-state index contributed by atoms with van der Waals surface area (Å²) < 4.78 is 3.16. The van der Waals surface area contributed by atoms with Gasteiger partial charge < -0.3 is 0 Å². The van der Waals surface area contributed by atoms with Gasteiger partial charge in [-0.2, -0.15) is 0 Å². The summed E-state index contributed by atoms with van der Waals surface area (Å²) in [5.41, 5.74) is 0. The maximum absolute atomic E-state index is 3.16. The van der Waals surface area contributed by atoms with Gasteiger partial charge in [0.1, 0.15) is 0 Å². The summed E-state index contributed by atoms with van der Waals surface area (Å²) in [6.07, 6.45) is 1.38. The molecule has 1 nitrogen and oxygen atoms in total. The Kier molecular flexibility index (Phi) is 1.34. The molecule has 0 aromatic heterocycles. The smallest absolute Gasteiger partial charge is 0.0192 e. The van der Waals surface area contributed by atoms with Crippen LogP contribution in [0.5, 0.6) is 0 Å². The van der Waals surface area contributed by atoms with Crippen LogP contribution in [0.25, 0.3) is 0 Å². The van der Waals surface area contributed by atoms with E-state index in [-0.39, 0.29) is 0 Å². The van der Waals surface area contributed by atoms with E-state index in [1.807, 2.05) is 0 Å². The van der Waals surface area contributed by atoms with Crippen molar-refractivity contribution in [3.05, 3.63) is 0 Å². The van der Waals surface area contributed by atoms with Gasteiger partial charge in [-0.05, 0) is 12.3 Å². The fourth-order valence-electron chi connectivity index (χ4n) is 0.474. The highest BCUT2D eigenvalue weighted by Gasteiger charge is 2.30. The molecule has 0 heterocycles. The van der Waals surface area contributed by atoms with Crippen molar-refractivity contribution in [2.24, 2.45) is 5.92 Å². The van der Waals surface area contributed by atoms with Crippen molar-refractivity contribution < 1.29 is 0 Å². The Labute approximate surface area is 52.0 Å². The standard InChI is InChI=1S/C4H8IN/c1-3-2-4(3)6-5/h3-4,6H,2H2,1H3/t3-,4?/m0/s1. The second-order valence-electron chi connectivity index (χ2n) is 1.93. The fourth-order valence-corrected chi connectivity index (χ4v) is 1.34. The van der Waals surface area contributed by atoms with E-state index in [2.05, 4.69) is 33.3 Å². The van der Waals surface area contributed by atoms with Crippen LogP contribution in [0, 0.1) is 5.92 Å². The van der Waals surface area contributed by atoms with Crippen molar-refractivity contribution >= 4 is 22.9 Å². The third-order valence-corrected chi connectivity index (χ3v) is 2.05. The van der Waals surface area contributed by atoms with Gasteiger partial charge in [-0.15, -0.1) is 0 Å². The van der Waals surface area contributed by atoms with Gasteiger partial charge in [0.15, 0.2) is 0 Å². The van der Waals surface area contributed by atoms with Crippen LogP contribution in [0.3, 0.4) is 0 Å². The van der Waals surface area contributed by atoms with Crippen LogP contribution in [0.4, 0.5) is 0 Å². The lowest BCUT2D eigenvalue weighted by molar-refractivity contribution is 0.868. The summed E-state index contributed by atoms with van der Waals surface area (Å²) in [6, 6.07) is 0.839. The van der Waals surface area contributed by atoms with E-state index < -0.39 is 0 Å². The molecule has 36 valence electrons. The Morgan fingerprint density at radius 2 is 2.33 bits per heavy atom. The average Bonchev–Trinajstić information content (AvgIpc) is 2.19. The molecule has 0 aliphatic heterocycles. The first-order valence-corrected chi connectivity index (χ1v) is 3.28. The lowest BCUT2D eigenvalue weighted by Gasteiger charge is -1.82. The second-order valence-corrected chi connectivity index (χ2v) is 2.55. The summed E-state index contributed by atoms with van der Waals surface area (Å²) in [7, 11) is 0. The van der Waals surface area contributed by atoms with Crippen LogP contribution < -0.4 is 3.53 Å². The van der Waals surface area contributed by atoms with E-state index in [0.717, 1.165) is 12.0 Å². The third kappa shape index (κ3) is 0.846. The van der Waals surface area contributed by atoms with Crippen LogP contribution >= 0.6 is 22.9 Å². The van der Waals surface area contributed by atoms with E-state index in [1.54, 1.807) is 0 Å². The van der Waals surface area contributed by atoms with E-state index >= 15 is 0 Å². The number of rotatable bonds is 1. The largest absolute Gasteiger partial charge is 0.258 e. The molecule has 0 aromatic rings. The normalized spacial score (nSPS) is 43.0. The molecular formula is C4H8IN. The van der Waals surface area contributed by atoms with Crippen molar-refractivity contribution in [3.63, 3.8) is 0 Å². The highest BCUT2D eigenvalue weighted by atomic mass is 127. The van der Waals surface area contributed by atoms with Gasteiger partial charge in [0.05, 0.1) is 0 Å². The molecule has 1 rings (SSSR count). The van der Waals surface area contributed by atoms with Gasteiger partial charge in [-0.25, -0.2) is 0 Å². The molecule has 1 aliphatic rings. The summed E-state index contributed by atoms with van der Waals surface area (Å²) in [4.78, 5) is 0. The first-order chi connectivity index (χ1) is 2.84. The highest BCUT2D eigenvalue weighted by molar-refractivity contribution is 14.1. The Morgan fingerprint density at radius 1 is 1.83 bits per heavy atom. The molecular weight excluding hydrogens is 189 g/mol. The molecule has 1 fully saturated rings. The first-order valence-electron chi connectivity index (χ1n) is 2.20. The Bertz CT molecular complexity index is 53.5. The lowest BCUT2D eigenvalue weighted by atomic mass is 10.5. The minimum atomic E-state index is 0.839. The Balaban J connectivity index is 2.09. The summed E-state index contributed by atoms with van der Waals surface area (Å²) in [5, 5.41) is 0. The van der Waals surface area contributed by atoms with Crippen molar-refractivity contribution in [3.8, 4) is 0 Å². The van der Waals surface area contributed by atoms with E-state index in [4.69, 9.17) is 0 Å². The van der Waals surface area contributed by atoms with Gasteiger partial charge in [0.25, 0.3) is 0 Å². The maximum Gasteiger partial charge on any atom is 0.0192 e. The molecule has 2 heteroatoms. The van der Waals surface area contributed by atoms with Crippen molar-refractivity contribution in [1.29, 1.82) is 0 Å². The van der Waals surface area contributed by atoms with E-state index in [9.17, 15) is 0 Å². The Hall–Kier alpha value is 0.690. The predicted octanol–water partition coefficient (Wildman–Crippen LogP) is 1.33. The molecule has 2 atom stereocenters. The lowest BCUT2D eigenvalue weighted by Crippen LogP contribution is -2.00. The van der Waals surface area contributed by atoms with E-state index in [0.29, 0.717) is 0 Å². The minimum Gasteiger partial charge on any atom is -0.258 e. The molecule has 1 saturated carbocycles. The van der Waals surface area contributed by atoms with Gasteiger partial charge >= 0.3 is 0 Å². The number of nitrogens with one attached hydrogen (secondary N) is 1. The molecule has 6 heavy (non-hydrogen) atoms. The quantitative estimate of drug-likeness (QED) is 0.494. The molecule has 0 aromatic carbocycles. The van der Waals surface area contributed by atoms with Crippen molar-refractivity contribution in [2.75, 3.05) is 0 Å². The zero-order valence-electron chi connectivity index (χ0n) is 3.74. The molecule has 1 aliphatic carbocycles. The van der Waals surface area contributed by atoms with E-state index in [1.165, 1.54) is 6.42 Å². The number of halogens is 1. The van der Waals surface area contributed by atoms with Crippen LogP contribution in [-0.4, -0.2) is 6.04 Å². The Morgan fingerprint density at radius 3 is 2.33 bits per heavy atom. The molecule has 0 spiro atoms. The highest BCUT2D eigenvalue weighted by Crippen LogP contribution is 2.29. The zero-order valence-corrected chi connectivity index (χ0v) is 5.90. The van der Waals surface area contributed by atoms with Crippen molar-refractivity contribution in [1.82, 2.24) is 3.53 Å². The number of hydrogen-bond acceptors (Lipinski definition) is 1. The van der Waals surface area contributed by atoms with Gasteiger partial charge in [0, 0.05) is 28.9 Å². The number of hydrogen-bond donors (Lipinski definition) is 1. The minimum absolute atomic E-state index is 0.839. The van der Waals surface area contributed by atoms with Crippen LogP contribution in [0.2, 0.25) is 0 Å². The molecule has 0 radical (unpaired) electrons. The summed E-state index contributed by atoms with van der Waals surface area (Å²) in [5.74, 6) is 0.946. The third-order valence-electron chi connectivity index (χ3n) is 1.25. The first kappa shape index (κ1) is 4.84. The monoisotopic (exact) mass is 197 g/mol. The van der Waals surface area contributed by atoms with Crippen LogP contribution in [-0.2, 0) is 0 Å². The van der Waals surface area contributed by atoms with Gasteiger partial charge in [0.2, 0.25) is 0 Å². The molecule has 0 saturated heterocycles. The zero-order chi connectivity index (χ0) is 4.57. The topological polar surface area (TPSA) is 12.0 Å².